The molecule has 0 aliphatic rings. The van der Waals surface area contributed by atoms with Gasteiger partial charge in [0.2, 0.25) is 34.8 Å². The Morgan fingerprint density at radius 1 is 0.969 bits per heavy atom. The Morgan fingerprint density at radius 3 is 1.97 bits per heavy atom. The van der Waals surface area contributed by atoms with Gasteiger partial charge in [0.1, 0.15) is 11.8 Å². The molecule has 0 spiro atoms. The van der Waals surface area contributed by atoms with Crippen LogP contribution in [0.2, 0.25) is 5.02 Å². The molecule has 0 radical (unpaired) electrons. The van der Waals surface area contributed by atoms with E-state index in [-0.39, 0.29) is 10.8 Å². The van der Waals surface area contributed by atoms with E-state index in [4.69, 9.17) is 20.9 Å². The molecule has 1 unspecified atom stereocenters. The van der Waals surface area contributed by atoms with Gasteiger partial charge in [0.15, 0.2) is 0 Å². The average Bonchev–Trinajstić information content (AvgIpc) is 2.75. The molecule has 13 heteroatoms. The number of benzene rings is 2. The number of hydrogen-bond donors (Lipinski definition) is 1. The zero-order valence-corrected chi connectivity index (χ0v) is 18.6. The standard InChI is InChI=1S/C19H18ClF5NO5P/c1-4-9(2)29-19(27)10(3)26-32(28,30-12-7-5-11(20)6-8-12)31-18-16(24)14(22)13(21)15(23)17(18)25/h5-10H,4H2,1-3H3,(H,26,28)/t9-,10+,32?/m1/s1. The normalized spacial score (nSPS) is 14.9. The van der Waals surface area contributed by atoms with E-state index in [0.717, 1.165) is 0 Å². The fraction of sp³-hybridized carbons (Fsp3) is 0.316. The van der Waals surface area contributed by atoms with Crippen molar-refractivity contribution in [3.05, 3.63) is 58.4 Å². The second-order valence-electron chi connectivity index (χ2n) is 6.54. The van der Waals surface area contributed by atoms with Crippen LogP contribution in [-0.4, -0.2) is 18.1 Å². The third kappa shape index (κ3) is 6.11. The van der Waals surface area contributed by atoms with Gasteiger partial charge in [0, 0.05) is 5.02 Å². The van der Waals surface area contributed by atoms with E-state index in [0.29, 0.717) is 6.42 Å². The molecular formula is C19H18ClF5NO5P. The number of esters is 1. The first-order valence-corrected chi connectivity index (χ1v) is 11.0. The predicted octanol–water partition coefficient (Wildman–Crippen LogP) is 5.92. The largest absolute Gasteiger partial charge is 0.513 e. The van der Waals surface area contributed by atoms with Crippen LogP contribution in [0.5, 0.6) is 11.5 Å². The highest BCUT2D eigenvalue weighted by Crippen LogP contribution is 2.47. The van der Waals surface area contributed by atoms with Gasteiger partial charge < -0.3 is 13.8 Å². The Morgan fingerprint density at radius 2 is 1.47 bits per heavy atom. The zero-order chi connectivity index (χ0) is 24.2. The summed E-state index contributed by atoms with van der Waals surface area (Å²) < 4.78 is 96.6. The van der Waals surface area contributed by atoms with Crippen LogP contribution in [0.15, 0.2) is 24.3 Å². The van der Waals surface area contributed by atoms with Gasteiger partial charge in [-0.1, -0.05) is 18.5 Å². The molecule has 0 aromatic heterocycles. The first-order valence-electron chi connectivity index (χ1n) is 9.13. The Hall–Kier alpha value is -2.36. The van der Waals surface area contributed by atoms with E-state index in [9.17, 15) is 31.3 Å². The van der Waals surface area contributed by atoms with Crippen molar-refractivity contribution >= 4 is 25.3 Å². The lowest BCUT2D eigenvalue weighted by atomic mass is 10.3. The van der Waals surface area contributed by atoms with E-state index in [2.05, 4.69) is 9.61 Å². The Labute approximate surface area is 185 Å². The highest BCUT2D eigenvalue weighted by atomic mass is 35.5. The van der Waals surface area contributed by atoms with Crippen LogP contribution in [0.25, 0.3) is 0 Å². The van der Waals surface area contributed by atoms with Crippen LogP contribution in [0.4, 0.5) is 22.0 Å². The van der Waals surface area contributed by atoms with Crippen molar-refractivity contribution in [1.29, 1.82) is 0 Å². The fourth-order valence-electron chi connectivity index (χ4n) is 2.16. The molecule has 0 heterocycles. The summed E-state index contributed by atoms with van der Waals surface area (Å²) in [6.07, 6.45) is -0.0576. The third-order valence-corrected chi connectivity index (χ3v) is 5.85. The first-order chi connectivity index (χ1) is 14.9. The van der Waals surface area contributed by atoms with Crippen molar-refractivity contribution in [3.8, 4) is 11.5 Å². The molecule has 0 aliphatic heterocycles. The molecule has 2 aromatic rings. The van der Waals surface area contributed by atoms with Crippen LogP contribution in [-0.2, 0) is 14.1 Å². The Balaban J connectivity index is 2.44. The Bertz CT molecular complexity index is 1010. The molecule has 0 saturated carbocycles. The quantitative estimate of drug-likeness (QED) is 0.151. The van der Waals surface area contributed by atoms with Crippen LogP contribution < -0.4 is 14.1 Å². The molecule has 32 heavy (non-hydrogen) atoms. The maximum Gasteiger partial charge on any atom is 0.513 e. The third-order valence-electron chi connectivity index (χ3n) is 4.02. The smallest absolute Gasteiger partial charge is 0.462 e. The summed E-state index contributed by atoms with van der Waals surface area (Å²) in [4.78, 5) is 12.2. The van der Waals surface area contributed by atoms with E-state index >= 15 is 0 Å². The Kier molecular flexibility index (Phi) is 8.50. The summed E-state index contributed by atoms with van der Waals surface area (Å²) in [5.74, 6) is -14.8. The van der Waals surface area contributed by atoms with Crippen molar-refractivity contribution in [1.82, 2.24) is 5.09 Å². The zero-order valence-electron chi connectivity index (χ0n) is 16.9. The predicted molar refractivity (Wildman–Crippen MR) is 105 cm³/mol. The summed E-state index contributed by atoms with van der Waals surface area (Å²) in [6, 6.07) is 3.57. The number of ether oxygens (including phenoxy) is 1. The molecular weight excluding hydrogens is 484 g/mol. The number of nitrogens with one attached hydrogen (secondary N) is 1. The molecule has 2 aromatic carbocycles. The molecule has 0 aliphatic carbocycles. The van der Waals surface area contributed by atoms with Crippen molar-refractivity contribution in [3.63, 3.8) is 0 Å². The van der Waals surface area contributed by atoms with E-state index in [1.165, 1.54) is 31.2 Å². The highest BCUT2D eigenvalue weighted by molar-refractivity contribution is 7.52. The van der Waals surface area contributed by atoms with Gasteiger partial charge in [-0.25, -0.2) is 17.7 Å². The molecule has 1 N–H and O–H groups in total. The van der Waals surface area contributed by atoms with Crippen LogP contribution in [0, 0.1) is 29.1 Å². The van der Waals surface area contributed by atoms with Gasteiger partial charge >= 0.3 is 13.7 Å². The first kappa shape index (κ1) is 25.9. The van der Waals surface area contributed by atoms with E-state index in [1.54, 1.807) is 13.8 Å². The van der Waals surface area contributed by atoms with Gasteiger partial charge in [-0.05, 0) is 44.5 Å². The molecule has 0 bridgehead atoms. The van der Waals surface area contributed by atoms with Gasteiger partial charge in [-0.2, -0.15) is 13.9 Å². The van der Waals surface area contributed by atoms with Crippen molar-refractivity contribution in [2.24, 2.45) is 0 Å². The molecule has 0 fully saturated rings. The molecule has 3 atom stereocenters. The summed E-state index contributed by atoms with van der Waals surface area (Å²) in [7, 11) is -4.98. The lowest BCUT2D eigenvalue weighted by Crippen LogP contribution is -2.37. The van der Waals surface area contributed by atoms with E-state index in [1.807, 2.05) is 0 Å². The lowest BCUT2D eigenvalue weighted by molar-refractivity contribution is -0.150. The van der Waals surface area contributed by atoms with E-state index < -0.39 is 60.7 Å². The summed E-state index contributed by atoms with van der Waals surface area (Å²) in [6.45, 7) is 4.49. The average molecular weight is 502 g/mol. The molecule has 6 nitrogen and oxygen atoms in total. The molecule has 0 amide bonds. The van der Waals surface area contributed by atoms with Crippen molar-refractivity contribution < 1.29 is 45.1 Å². The van der Waals surface area contributed by atoms with Crippen molar-refractivity contribution in [2.75, 3.05) is 0 Å². The number of hydrogen-bond acceptors (Lipinski definition) is 5. The summed E-state index contributed by atoms with van der Waals surface area (Å²) >= 11 is 5.74. The number of carbonyl (C=O) groups is 1. The molecule has 176 valence electrons. The molecule has 2 rings (SSSR count). The minimum atomic E-state index is -4.98. The minimum Gasteiger partial charge on any atom is -0.462 e. The second kappa shape index (κ2) is 10.5. The highest BCUT2D eigenvalue weighted by Gasteiger charge is 2.38. The van der Waals surface area contributed by atoms with Crippen LogP contribution in [0.3, 0.4) is 0 Å². The maximum absolute atomic E-state index is 14.1. The second-order valence-corrected chi connectivity index (χ2v) is 8.59. The van der Waals surface area contributed by atoms with Crippen LogP contribution in [0.1, 0.15) is 27.2 Å². The van der Waals surface area contributed by atoms with Gasteiger partial charge in [0.25, 0.3) is 0 Å². The molecule has 0 saturated heterocycles. The van der Waals surface area contributed by atoms with Crippen molar-refractivity contribution in [2.45, 2.75) is 39.3 Å². The lowest BCUT2D eigenvalue weighted by Gasteiger charge is -2.24. The number of carbonyl (C=O) groups excluding carboxylic acids is 1. The maximum atomic E-state index is 14.1. The van der Waals surface area contributed by atoms with Crippen LogP contribution >= 0.6 is 19.3 Å². The van der Waals surface area contributed by atoms with Gasteiger partial charge in [-0.15, -0.1) is 0 Å². The minimum absolute atomic E-state index is 0.211. The topological polar surface area (TPSA) is 73.9 Å². The number of halogens is 6. The number of rotatable bonds is 9. The fourth-order valence-corrected chi connectivity index (χ4v) is 3.81. The van der Waals surface area contributed by atoms with Gasteiger partial charge in [-0.3, -0.25) is 4.79 Å². The van der Waals surface area contributed by atoms with Gasteiger partial charge in [0.05, 0.1) is 6.10 Å². The summed E-state index contributed by atoms with van der Waals surface area (Å²) in [5.41, 5.74) is 0. The monoisotopic (exact) mass is 501 g/mol. The SMILES string of the molecule is CC[C@@H](C)OC(=O)[C@H](C)NP(=O)(Oc1ccc(Cl)cc1)Oc1c(F)c(F)c(F)c(F)c1F. The summed E-state index contributed by atoms with van der Waals surface area (Å²) in [5, 5.41) is 2.33.